The summed E-state index contributed by atoms with van der Waals surface area (Å²) in [5, 5.41) is 15.6. The average Bonchev–Trinajstić information content (AvgIpc) is 3.11. The average molecular weight is 417 g/mol. The standard InChI is InChI=1S/C24H24FN5O/c1-15-7-5-6-8-19(15)30-20(31)14-13-18(29-30)21-22(16-9-11-17(25)12-10-16)27-28-23(21)26-24(2,3)4/h5-14H,1-4H3,(H2,26,27,28). The van der Waals surface area contributed by atoms with E-state index in [9.17, 15) is 9.18 Å². The third kappa shape index (κ3) is 4.26. The summed E-state index contributed by atoms with van der Waals surface area (Å²) in [7, 11) is 0. The predicted octanol–water partition coefficient (Wildman–Crippen LogP) is 4.95. The molecule has 0 saturated heterocycles. The van der Waals surface area contributed by atoms with Crippen molar-refractivity contribution in [3.8, 4) is 28.2 Å². The smallest absolute Gasteiger partial charge is 0.271 e. The first-order chi connectivity index (χ1) is 14.7. The largest absolute Gasteiger partial charge is 0.363 e. The molecule has 2 aromatic carbocycles. The summed E-state index contributed by atoms with van der Waals surface area (Å²) in [5.41, 5.74) is 3.91. The highest BCUT2D eigenvalue weighted by Gasteiger charge is 2.22. The quantitative estimate of drug-likeness (QED) is 0.493. The van der Waals surface area contributed by atoms with Crippen LogP contribution in [0.1, 0.15) is 26.3 Å². The molecule has 0 spiro atoms. The van der Waals surface area contributed by atoms with Gasteiger partial charge in [-0.15, -0.1) is 0 Å². The fourth-order valence-electron chi connectivity index (χ4n) is 3.38. The van der Waals surface area contributed by atoms with E-state index in [0.717, 1.165) is 11.1 Å². The number of aromatic nitrogens is 4. The lowest BCUT2D eigenvalue weighted by Crippen LogP contribution is -2.27. The Balaban J connectivity index is 1.93. The Morgan fingerprint density at radius 2 is 1.71 bits per heavy atom. The molecule has 0 bridgehead atoms. The minimum atomic E-state index is -0.316. The van der Waals surface area contributed by atoms with E-state index in [2.05, 4.69) is 20.6 Å². The van der Waals surface area contributed by atoms with Crippen LogP contribution in [0.15, 0.2) is 65.5 Å². The van der Waals surface area contributed by atoms with Crippen molar-refractivity contribution in [3.63, 3.8) is 0 Å². The predicted molar refractivity (Wildman–Crippen MR) is 121 cm³/mol. The molecule has 4 rings (SSSR count). The van der Waals surface area contributed by atoms with E-state index < -0.39 is 0 Å². The molecule has 0 fully saturated rings. The summed E-state index contributed by atoms with van der Waals surface area (Å²) in [6.07, 6.45) is 0. The Morgan fingerprint density at radius 3 is 2.39 bits per heavy atom. The SMILES string of the molecule is Cc1ccccc1-n1nc(-c2c(NC(C)(C)C)n[nH]c2-c2ccc(F)cc2)ccc1=O. The van der Waals surface area contributed by atoms with Crippen LogP contribution >= 0.6 is 0 Å². The second-order valence-electron chi connectivity index (χ2n) is 8.46. The summed E-state index contributed by atoms with van der Waals surface area (Å²) < 4.78 is 14.9. The van der Waals surface area contributed by atoms with Crippen molar-refractivity contribution in [1.29, 1.82) is 0 Å². The van der Waals surface area contributed by atoms with E-state index in [1.807, 2.05) is 52.0 Å². The monoisotopic (exact) mass is 417 g/mol. The molecule has 6 nitrogen and oxygen atoms in total. The Morgan fingerprint density at radius 1 is 1.00 bits per heavy atom. The third-order valence-electron chi connectivity index (χ3n) is 4.79. The first kappa shape index (κ1) is 20.5. The summed E-state index contributed by atoms with van der Waals surface area (Å²) in [6.45, 7) is 8.03. The highest BCUT2D eigenvalue weighted by molar-refractivity contribution is 5.87. The zero-order valence-corrected chi connectivity index (χ0v) is 17.9. The van der Waals surface area contributed by atoms with Gasteiger partial charge in [0.1, 0.15) is 5.82 Å². The number of benzene rings is 2. The maximum absolute atomic E-state index is 13.5. The Bertz CT molecular complexity index is 1280. The summed E-state index contributed by atoms with van der Waals surface area (Å²) in [6, 6.07) is 16.9. The molecule has 31 heavy (non-hydrogen) atoms. The van der Waals surface area contributed by atoms with E-state index in [0.29, 0.717) is 28.5 Å². The van der Waals surface area contributed by atoms with Crippen LogP contribution < -0.4 is 10.9 Å². The number of aromatic amines is 1. The molecule has 0 aliphatic rings. The van der Waals surface area contributed by atoms with Crippen LogP contribution in [0.2, 0.25) is 0 Å². The van der Waals surface area contributed by atoms with Gasteiger partial charge in [-0.2, -0.15) is 14.9 Å². The van der Waals surface area contributed by atoms with Crippen LogP contribution in [-0.4, -0.2) is 25.5 Å². The first-order valence-corrected chi connectivity index (χ1v) is 10.0. The summed E-state index contributed by atoms with van der Waals surface area (Å²) in [5.74, 6) is 0.290. The number of nitrogens with one attached hydrogen (secondary N) is 2. The minimum absolute atomic E-state index is 0.227. The van der Waals surface area contributed by atoms with Gasteiger partial charge in [0, 0.05) is 17.2 Å². The lowest BCUT2D eigenvalue weighted by atomic mass is 10.0. The molecule has 2 heterocycles. The number of hydrogen-bond acceptors (Lipinski definition) is 4. The molecule has 2 aromatic heterocycles. The maximum Gasteiger partial charge on any atom is 0.271 e. The van der Waals surface area contributed by atoms with Crippen LogP contribution in [0.5, 0.6) is 0 Å². The summed E-state index contributed by atoms with van der Waals surface area (Å²) >= 11 is 0. The number of halogens is 1. The van der Waals surface area contributed by atoms with E-state index in [1.165, 1.54) is 22.9 Å². The van der Waals surface area contributed by atoms with Crippen molar-refractivity contribution in [3.05, 3.63) is 82.4 Å². The van der Waals surface area contributed by atoms with E-state index >= 15 is 0 Å². The van der Waals surface area contributed by atoms with Crippen molar-refractivity contribution >= 4 is 5.82 Å². The molecule has 0 aliphatic carbocycles. The van der Waals surface area contributed by atoms with Gasteiger partial charge < -0.3 is 5.32 Å². The molecule has 0 amide bonds. The number of para-hydroxylation sites is 1. The van der Waals surface area contributed by atoms with Gasteiger partial charge in [-0.25, -0.2) is 4.39 Å². The number of aryl methyl sites for hydroxylation is 1. The fourth-order valence-corrected chi connectivity index (χ4v) is 3.38. The maximum atomic E-state index is 13.5. The van der Waals surface area contributed by atoms with Gasteiger partial charge in [0.05, 0.1) is 22.6 Å². The highest BCUT2D eigenvalue weighted by Crippen LogP contribution is 2.36. The topological polar surface area (TPSA) is 75.6 Å². The normalized spacial score (nSPS) is 11.5. The zero-order chi connectivity index (χ0) is 22.2. The van der Waals surface area contributed by atoms with Crippen LogP contribution in [-0.2, 0) is 0 Å². The molecule has 0 aliphatic heterocycles. The highest BCUT2D eigenvalue weighted by atomic mass is 19.1. The van der Waals surface area contributed by atoms with Gasteiger partial charge >= 0.3 is 0 Å². The molecular weight excluding hydrogens is 393 g/mol. The molecule has 0 saturated carbocycles. The van der Waals surface area contributed by atoms with Crippen LogP contribution in [0, 0.1) is 12.7 Å². The van der Waals surface area contributed by atoms with Crippen molar-refractivity contribution in [2.24, 2.45) is 0 Å². The van der Waals surface area contributed by atoms with Gasteiger partial charge in [-0.1, -0.05) is 18.2 Å². The molecule has 4 aromatic rings. The molecule has 158 valence electrons. The Kier molecular flexibility index (Phi) is 5.19. The van der Waals surface area contributed by atoms with Crippen LogP contribution in [0.25, 0.3) is 28.2 Å². The fraction of sp³-hybridized carbons (Fsp3) is 0.208. The number of nitrogens with zero attached hydrogens (tertiary/aromatic N) is 3. The Labute approximate surface area is 179 Å². The minimum Gasteiger partial charge on any atom is -0.363 e. The van der Waals surface area contributed by atoms with Crippen molar-refractivity contribution < 1.29 is 4.39 Å². The lowest BCUT2D eigenvalue weighted by molar-refractivity contribution is 0.628. The molecule has 2 N–H and O–H groups in total. The zero-order valence-electron chi connectivity index (χ0n) is 17.9. The molecular formula is C24H24FN5O. The van der Waals surface area contributed by atoms with Gasteiger partial charge in [-0.05, 0) is 69.7 Å². The number of anilines is 1. The third-order valence-corrected chi connectivity index (χ3v) is 4.79. The van der Waals surface area contributed by atoms with Gasteiger partial charge in [0.2, 0.25) is 0 Å². The number of hydrogen-bond donors (Lipinski definition) is 2. The van der Waals surface area contributed by atoms with Crippen LogP contribution in [0.3, 0.4) is 0 Å². The molecule has 7 heteroatoms. The van der Waals surface area contributed by atoms with E-state index in [-0.39, 0.29) is 16.9 Å². The van der Waals surface area contributed by atoms with Crippen molar-refractivity contribution in [2.45, 2.75) is 33.2 Å². The van der Waals surface area contributed by atoms with Crippen molar-refractivity contribution in [1.82, 2.24) is 20.0 Å². The van der Waals surface area contributed by atoms with Crippen LogP contribution in [0.4, 0.5) is 10.2 Å². The number of H-pyrrole nitrogens is 1. The summed E-state index contributed by atoms with van der Waals surface area (Å²) in [4.78, 5) is 12.6. The van der Waals surface area contributed by atoms with Gasteiger partial charge in [0.25, 0.3) is 5.56 Å². The molecule has 0 radical (unpaired) electrons. The molecule has 0 atom stereocenters. The van der Waals surface area contributed by atoms with Gasteiger partial charge in [-0.3, -0.25) is 9.89 Å². The second kappa shape index (κ2) is 7.83. The Hall–Kier alpha value is -3.74. The number of rotatable bonds is 4. The molecule has 0 unspecified atom stereocenters. The van der Waals surface area contributed by atoms with Gasteiger partial charge in [0.15, 0.2) is 5.82 Å². The second-order valence-corrected chi connectivity index (χ2v) is 8.46. The van der Waals surface area contributed by atoms with E-state index in [4.69, 9.17) is 0 Å². The van der Waals surface area contributed by atoms with E-state index in [1.54, 1.807) is 18.2 Å². The lowest BCUT2D eigenvalue weighted by Gasteiger charge is -2.21. The first-order valence-electron chi connectivity index (χ1n) is 10.0. The van der Waals surface area contributed by atoms with Crippen molar-refractivity contribution in [2.75, 3.05) is 5.32 Å².